The highest BCUT2D eigenvalue weighted by Gasteiger charge is 2.31. The molecule has 0 radical (unpaired) electrons. The monoisotopic (exact) mass is 362 g/mol. The molecule has 0 saturated carbocycles. The molecule has 1 aliphatic rings. The van der Waals surface area contributed by atoms with Crippen LogP contribution in [0.1, 0.15) is 18.1 Å². The zero-order valence-corrected chi connectivity index (χ0v) is 14.7. The fourth-order valence-corrected chi connectivity index (χ4v) is 3.13. The average Bonchev–Trinajstić information content (AvgIpc) is 3.15. The van der Waals surface area contributed by atoms with E-state index >= 15 is 0 Å². The van der Waals surface area contributed by atoms with Crippen molar-refractivity contribution in [3.63, 3.8) is 0 Å². The Morgan fingerprint density at radius 3 is 2.72 bits per heavy atom. The molecule has 1 amide bonds. The van der Waals surface area contributed by atoms with Crippen LogP contribution in [0.25, 0.3) is 0 Å². The smallest absolute Gasteiger partial charge is 0.268 e. The topological polar surface area (TPSA) is 41.6 Å². The van der Waals surface area contributed by atoms with Crippen LogP contribution in [0.2, 0.25) is 5.02 Å². The number of carbonyl (C=O) groups is 1. The molecule has 132 valence electrons. The Labute approximate surface area is 151 Å². The van der Waals surface area contributed by atoms with E-state index in [9.17, 15) is 9.18 Å². The lowest BCUT2D eigenvalue weighted by molar-refractivity contribution is -0.139. The predicted octanol–water partition coefficient (Wildman–Crippen LogP) is 3.42. The van der Waals surface area contributed by atoms with Gasteiger partial charge in [0.15, 0.2) is 0 Å². The molecule has 4 nitrogen and oxygen atoms in total. The number of ether oxygens (including phenoxy) is 1. The predicted molar refractivity (Wildman–Crippen MR) is 95.3 cm³/mol. The van der Waals surface area contributed by atoms with Crippen molar-refractivity contribution in [1.29, 1.82) is 0 Å². The highest BCUT2D eigenvalue weighted by Crippen LogP contribution is 2.31. The number of halogens is 2. The first-order chi connectivity index (χ1) is 12.1. The summed E-state index contributed by atoms with van der Waals surface area (Å²) < 4.78 is 19.2. The average molecular weight is 363 g/mol. The number of nitrogens with one attached hydrogen (secondary N) is 1. The molecule has 2 aromatic carbocycles. The molecule has 1 aliphatic heterocycles. The van der Waals surface area contributed by atoms with Crippen molar-refractivity contribution in [2.75, 3.05) is 20.1 Å². The van der Waals surface area contributed by atoms with Gasteiger partial charge in [0.25, 0.3) is 5.91 Å². The number of carbonyl (C=O) groups excluding carboxylic acids is 1. The Morgan fingerprint density at radius 2 is 2.08 bits per heavy atom. The fourth-order valence-electron chi connectivity index (χ4n) is 2.92. The van der Waals surface area contributed by atoms with E-state index in [0.29, 0.717) is 0 Å². The van der Waals surface area contributed by atoms with Crippen LogP contribution >= 0.6 is 11.6 Å². The van der Waals surface area contributed by atoms with Gasteiger partial charge < -0.3 is 15.0 Å². The molecule has 6 heteroatoms. The quantitative estimate of drug-likeness (QED) is 0.886. The van der Waals surface area contributed by atoms with E-state index in [4.69, 9.17) is 16.3 Å². The van der Waals surface area contributed by atoms with E-state index in [1.165, 1.54) is 18.2 Å². The first-order valence-corrected chi connectivity index (χ1v) is 8.58. The number of rotatable bonds is 5. The van der Waals surface area contributed by atoms with Crippen LogP contribution in [0.3, 0.4) is 0 Å². The zero-order valence-electron chi connectivity index (χ0n) is 13.9. The number of hydrogen-bond donors (Lipinski definition) is 1. The zero-order chi connectivity index (χ0) is 17.8. The molecule has 3 rings (SSSR count). The summed E-state index contributed by atoms with van der Waals surface area (Å²) in [5, 5.41) is 3.39. The van der Waals surface area contributed by atoms with E-state index in [1.54, 1.807) is 11.9 Å². The molecular formula is C19H20ClFN2O2. The Kier molecular flexibility index (Phi) is 5.56. The maximum absolute atomic E-state index is 13.3. The fraction of sp³-hybridized carbons (Fsp3) is 0.316. The second-order valence-electron chi connectivity index (χ2n) is 6.08. The third-order valence-corrected chi connectivity index (χ3v) is 4.69. The van der Waals surface area contributed by atoms with Gasteiger partial charge in [0, 0.05) is 25.2 Å². The minimum Gasteiger partial charge on any atom is -0.474 e. The number of nitrogens with zero attached hydrogens (tertiary/aromatic N) is 1. The summed E-state index contributed by atoms with van der Waals surface area (Å²) in [6, 6.07) is 13.3. The summed E-state index contributed by atoms with van der Waals surface area (Å²) >= 11 is 6.07. The second-order valence-corrected chi connectivity index (χ2v) is 6.49. The molecule has 0 aromatic heterocycles. The third kappa shape index (κ3) is 4.11. The first-order valence-electron chi connectivity index (χ1n) is 8.20. The van der Waals surface area contributed by atoms with Crippen LogP contribution in [0.5, 0.6) is 5.75 Å². The molecule has 2 atom stereocenters. The lowest BCUT2D eigenvalue weighted by Gasteiger charge is -2.29. The van der Waals surface area contributed by atoms with Gasteiger partial charge in [-0.05, 0) is 31.2 Å². The SMILES string of the molecule is CN(C(=O)C(Oc1ccc(F)cc1Cl)c1ccccc1)C1CCNC1. The molecular weight excluding hydrogens is 343 g/mol. The Hall–Kier alpha value is -2.11. The summed E-state index contributed by atoms with van der Waals surface area (Å²) in [6.07, 6.45) is 0.0656. The molecule has 0 bridgehead atoms. The van der Waals surface area contributed by atoms with Crippen LogP contribution in [0, 0.1) is 5.82 Å². The summed E-state index contributed by atoms with van der Waals surface area (Å²) in [5.74, 6) is -0.322. The normalized spacial score (nSPS) is 18.0. The van der Waals surface area contributed by atoms with Crippen LogP contribution in [0.4, 0.5) is 4.39 Å². The molecule has 1 N–H and O–H groups in total. The van der Waals surface area contributed by atoms with Crippen molar-refractivity contribution in [1.82, 2.24) is 10.2 Å². The number of likely N-dealkylation sites (N-methyl/N-ethyl adjacent to an activating group) is 1. The maximum Gasteiger partial charge on any atom is 0.268 e. The van der Waals surface area contributed by atoms with E-state index in [2.05, 4.69) is 5.32 Å². The molecule has 0 aliphatic carbocycles. The third-order valence-electron chi connectivity index (χ3n) is 4.40. The molecule has 2 unspecified atom stereocenters. The minimum atomic E-state index is -0.838. The summed E-state index contributed by atoms with van der Waals surface area (Å²) in [4.78, 5) is 14.8. The van der Waals surface area contributed by atoms with Gasteiger partial charge in [-0.15, -0.1) is 0 Å². The van der Waals surface area contributed by atoms with Crippen molar-refractivity contribution >= 4 is 17.5 Å². The lowest BCUT2D eigenvalue weighted by Crippen LogP contribution is -2.42. The van der Waals surface area contributed by atoms with Crippen molar-refractivity contribution in [3.8, 4) is 5.75 Å². The first kappa shape index (κ1) is 17.7. The van der Waals surface area contributed by atoms with Gasteiger partial charge in [-0.2, -0.15) is 0 Å². The van der Waals surface area contributed by atoms with Crippen LogP contribution in [-0.2, 0) is 4.79 Å². The largest absolute Gasteiger partial charge is 0.474 e. The standard InChI is InChI=1S/C19H20ClFN2O2/c1-23(15-9-10-22-12-15)19(24)18(13-5-3-2-4-6-13)25-17-8-7-14(21)11-16(17)20/h2-8,11,15,18,22H,9-10,12H2,1H3. The molecule has 0 spiro atoms. The second kappa shape index (κ2) is 7.85. The maximum atomic E-state index is 13.3. The van der Waals surface area contributed by atoms with Gasteiger partial charge in [-0.25, -0.2) is 4.39 Å². The van der Waals surface area contributed by atoms with Crippen LogP contribution in [0.15, 0.2) is 48.5 Å². The van der Waals surface area contributed by atoms with E-state index in [-0.39, 0.29) is 22.7 Å². The van der Waals surface area contributed by atoms with Gasteiger partial charge in [0.1, 0.15) is 11.6 Å². The molecule has 1 fully saturated rings. The van der Waals surface area contributed by atoms with Gasteiger partial charge in [0.05, 0.1) is 5.02 Å². The van der Waals surface area contributed by atoms with Gasteiger partial charge in [-0.1, -0.05) is 41.9 Å². The number of amides is 1. The van der Waals surface area contributed by atoms with Crippen LogP contribution in [-0.4, -0.2) is 37.0 Å². The Bertz CT molecular complexity index is 735. The van der Waals surface area contributed by atoms with Crippen molar-refractivity contribution in [2.45, 2.75) is 18.6 Å². The van der Waals surface area contributed by atoms with Crippen molar-refractivity contribution in [3.05, 3.63) is 64.9 Å². The van der Waals surface area contributed by atoms with E-state index in [1.807, 2.05) is 30.3 Å². The minimum absolute atomic E-state index is 0.131. The van der Waals surface area contributed by atoms with E-state index in [0.717, 1.165) is 25.1 Å². The molecule has 25 heavy (non-hydrogen) atoms. The summed E-state index contributed by atoms with van der Waals surface area (Å²) in [6.45, 7) is 1.66. The summed E-state index contributed by atoms with van der Waals surface area (Å²) in [5.41, 5.74) is 0.727. The highest BCUT2D eigenvalue weighted by atomic mass is 35.5. The van der Waals surface area contributed by atoms with Gasteiger partial charge in [0.2, 0.25) is 6.10 Å². The molecule has 1 saturated heterocycles. The van der Waals surface area contributed by atoms with Gasteiger partial charge >= 0.3 is 0 Å². The van der Waals surface area contributed by atoms with Gasteiger partial charge in [-0.3, -0.25) is 4.79 Å². The summed E-state index contributed by atoms with van der Waals surface area (Å²) in [7, 11) is 1.78. The Morgan fingerprint density at radius 1 is 1.32 bits per heavy atom. The highest BCUT2D eigenvalue weighted by molar-refractivity contribution is 6.32. The lowest BCUT2D eigenvalue weighted by atomic mass is 10.1. The van der Waals surface area contributed by atoms with Crippen molar-refractivity contribution < 1.29 is 13.9 Å². The molecule has 1 heterocycles. The van der Waals surface area contributed by atoms with Crippen molar-refractivity contribution in [2.24, 2.45) is 0 Å². The molecule has 2 aromatic rings. The van der Waals surface area contributed by atoms with E-state index < -0.39 is 11.9 Å². The Balaban J connectivity index is 1.88. The number of benzene rings is 2. The number of hydrogen-bond acceptors (Lipinski definition) is 3. The van der Waals surface area contributed by atoms with Crippen LogP contribution < -0.4 is 10.1 Å².